The van der Waals surface area contributed by atoms with E-state index in [2.05, 4.69) is 15.5 Å². The van der Waals surface area contributed by atoms with E-state index in [0.717, 1.165) is 25.9 Å². The van der Waals surface area contributed by atoms with Crippen molar-refractivity contribution >= 4 is 17.0 Å². The number of aromatic nitrogens is 2. The van der Waals surface area contributed by atoms with Crippen LogP contribution in [0.25, 0.3) is 22.6 Å². The summed E-state index contributed by atoms with van der Waals surface area (Å²) < 4.78 is 21.8. The van der Waals surface area contributed by atoms with E-state index in [-0.39, 0.29) is 12.0 Å². The Morgan fingerprint density at radius 1 is 1.43 bits per heavy atom. The van der Waals surface area contributed by atoms with Crippen LogP contribution in [-0.4, -0.2) is 48.5 Å². The van der Waals surface area contributed by atoms with E-state index in [9.17, 15) is 4.79 Å². The number of carbonyl (C=O) groups is 1. The highest BCUT2D eigenvalue weighted by atomic mass is 16.5. The summed E-state index contributed by atoms with van der Waals surface area (Å²) in [5.41, 5.74) is 1.93. The van der Waals surface area contributed by atoms with E-state index in [1.54, 1.807) is 31.4 Å². The first-order valence-corrected chi connectivity index (χ1v) is 9.51. The van der Waals surface area contributed by atoms with Crippen LogP contribution in [0.15, 0.2) is 33.4 Å². The highest BCUT2D eigenvalue weighted by Gasteiger charge is 2.20. The van der Waals surface area contributed by atoms with Crippen molar-refractivity contribution in [1.29, 1.82) is 0 Å². The molecule has 0 spiro atoms. The number of pyridine rings is 1. The van der Waals surface area contributed by atoms with E-state index in [0.29, 0.717) is 53.6 Å². The maximum atomic E-state index is 12.8. The van der Waals surface area contributed by atoms with Crippen LogP contribution in [0.2, 0.25) is 0 Å². The summed E-state index contributed by atoms with van der Waals surface area (Å²) >= 11 is 0. The molecule has 0 bridgehead atoms. The zero-order valence-electron chi connectivity index (χ0n) is 15.8. The van der Waals surface area contributed by atoms with Gasteiger partial charge in [0.2, 0.25) is 0 Å². The number of hydrogen-bond acceptors (Lipinski definition) is 7. The molecule has 1 atom stereocenters. The lowest BCUT2D eigenvalue weighted by atomic mass is 10.1. The molecule has 4 heterocycles. The molecule has 1 saturated heterocycles. The zero-order chi connectivity index (χ0) is 19.3. The average Bonchev–Trinajstić information content (AvgIpc) is 3.46. The fourth-order valence-corrected chi connectivity index (χ4v) is 3.29. The summed E-state index contributed by atoms with van der Waals surface area (Å²) in [4.78, 5) is 17.2. The number of nitrogens with zero attached hydrogens (tertiary/aromatic N) is 2. The van der Waals surface area contributed by atoms with Gasteiger partial charge in [0.15, 0.2) is 5.76 Å². The summed E-state index contributed by atoms with van der Waals surface area (Å²) in [6, 6.07) is 5.25. The second-order valence-electron chi connectivity index (χ2n) is 6.80. The topological polar surface area (TPSA) is 99.6 Å². The number of furan rings is 1. The Balaban J connectivity index is 1.38. The minimum absolute atomic E-state index is 0.203. The molecular weight excluding hydrogens is 362 g/mol. The van der Waals surface area contributed by atoms with Gasteiger partial charge in [-0.25, -0.2) is 4.98 Å². The van der Waals surface area contributed by atoms with Crippen molar-refractivity contribution in [2.45, 2.75) is 32.3 Å². The molecule has 1 fully saturated rings. The lowest BCUT2D eigenvalue weighted by molar-refractivity contribution is 0.0166. The van der Waals surface area contributed by atoms with Crippen LogP contribution in [0, 0.1) is 6.92 Å². The fourth-order valence-electron chi connectivity index (χ4n) is 3.29. The molecule has 4 rings (SSSR count). The minimum atomic E-state index is -0.203. The normalized spacial score (nSPS) is 16.7. The van der Waals surface area contributed by atoms with E-state index in [1.807, 2.05) is 0 Å². The average molecular weight is 385 g/mol. The second-order valence-corrected chi connectivity index (χ2v) is 6.80. The molecule has 3 aromatic rings. The minimum Gasteiger partial charge on any atom is -0.463 e. The van der Waals surface area contributed by atoms with Gasteiger partial charge in [0.1, 0.15) is 5.69 Å². The smallest absolute Gasteiger partial charge is 0.259 e. The molecule has 0 saturated carbocycles. The molecule has 148 valence electrons. The Morgan fingerprint density at radius 3 is 3.14 bits per heavy atom. The lowest BCUT2D eigenvalue weighted by Gasteiger charge is -2.10. The number of ether oxygens (including phenoxy) is 2. The van der Waals surface area contributed by atoms with E-state index >= 15 is 0 Å². The first kappa shape index (κ1) is 18.6. The molecule has 8 nitrogen and oxygen atoms in total. The van der Waals surface area contributed by atoms with Crippen molar-refractivity contribution in [3.63, 3.8) is 0 Å². The van der Waals surface area contributed by atoms with Gasteiger partial charge in [0.05, 0.1) is 35.6 Å². The fraction of sp³-hybridized carbons (Fsp3) is 0.450. The summed E-state index contributed by atoms with van der Waals surface area (Å²) in [5.74, 6) is 0.359. The molecule has 1 amide bonds. The van der Waals surface area contributed by atoms with Gasteiger partial charge < -0.3 is 23.7 Å². The van der Waals surface area contributed by atoms with Crippen LogP contribution in [0.1, 0.15) is 35.3 Å². The maximum Gasteiger partial charge on any atom is 0.259 e. The first-order valence-electron chi connectivity index (χ1n) is 9.51. The van der Waals surface area contributed by atoms with Crippen molar-refractivity contribution in [3.8, 4) is 11.5 Å². The van der Waals surface area contributed by atoms with Crippen molar-refractivity contribution in [2.75, 3.05) is 26.4 Å². The Hall–Kier alpha value is -2.71. The summed E-state index contributed by atoms with van der Waals surface area (Å²) in [6.45, 7) is 4.32. The first-order chi connectivity index (χ1) is 13.7. The van der Waals surface area contributed by atoms with Crippen LogP contribution in [0.3, 0.4) is 0 Å². The summed E-state index contributed by atoms with van der Waals surface area (Å²) in [7, 11) is 0. The predicted molar refractivity (Wildman–Crippen MR) is 101 cm³/mol. The van der Waals surface area contributed by atoms with Gasteiger partial charge in [-0.3, -0.25) is 4.79 Å². The molecule has 1 aliphatic heterocycles. The lowest BCUT2D eigenvalue weighted by Crippen LogP contribution is -2.26. The van der Waals surface area contributed by atoms with Gasteiger partial charge in [-0.2, -0.15) is 0 Å². The zero-order valence-corrected chi connectivity index (χ0v) is 15.8. The van der Waals surface area contributed by atoms with Gasteiger partial charge >= 0.3 is 0 Å². The quantitative estimate of drug-likeness (QED) is 0.595. The molecule has 28 heavy (non-hydrogen) atoms. The van der Waals surface area contributed by atoms with Crippen LogP contribution in [-0.2, 0) is 9.47 Å². The number of nitrogens with one attached hydrogen (secondary N) is 1. The largest absolute Gasteiger partial charge is 0.463 e. The molecular formula is C20H23N3O5. The molecule has 3 aromatic heterocycles. The molecule has 0 radical (unpaired) electrons. The standard InChI is InChI=1S/C20H23N3O5/c1-13-18-15(11-16(17-6-3-10-27-17)22-20(18)28-23-13)19(24)21-7-4-8-25-12-14-5-2-9-26-14/h3,6,10-11,14H,2,4-5,7-9,12H2,1H3,(H,21,24). The Bertz CT molecular complexity index is 929. The van der Waals surface area contributed by atoms with E-state index in [1.165, 1.54) is 0 Å². The number of carbonyl (C=O) groups excluding carboxylic acids is 1. The second kappa shape index (κ2) is 8.53. The van der Waals surface area contributed by atoms with Crippen LogP contribution < -0.4 is 5.32 Å². The highest BCUT2D eigenvalue weighted by molar-refractivity contribution is 6.06. The monoisotopic (exact) mass is 385 g/mol. The number of fused-ring (bicyclic) bond motifs is 1. The van der Waals surface area contributed by atoms with Gasteiger partial charge in [-0.1, -0.05) is 5.16 Å². The maximum absolute atomic E-state index is 12.8. The molecule has 1 unspecified atom stereocenters. The summed E-state index contributed by atoms with van der Waals surface area (Å²) in [6.07, 6.45) is 4.66. The third kappa shape index (κ3) is 4.07. The van der Waals surface area contributed by atoms with Crippen molar-refractivity contribution < 1.29 is 23.2 Å². The van der Waals surface area contributed by atoms with Crippen LogP contribution in [0.4, 0.5) is 0 Å². The number of rotatable bonds is 8. The van der Waals surface area contributed by atoms with Gasteiger partial charge in [-0.15, -0.1) is 0 Å². The van der Waals surface area contributed by atoms with Crippen LogP contribution >= 0.6 is 0 Å². The number of aryl methyl sites for hydroxylation is 1. The molecule has 1 N–H and O–H groups in total. The highest BCUT2D eigenvalue weighted by Crippen LogP contribution is 2.27. The Morgan fingerprint density at radius 2 is 2.36 bits per heavy atom. The summed E-state index contributed by atoms with van der Waals surface area (Å²) in [5, 5.41) is 7.48. The van der Waals surface area contributed by atoms with Gasteiger partial charge in [0, 0.05) is 19.8 Å². The predicted octanol–water partition coefficient (Wildman–Crippen LogP) is 3.11. The third-order valence-electron chi connectivity index (χ3n) is 4.71. The molecule has 1 aliphatic rings. The number of hydrogen-bond donors (Lipinski definition) is 1. The van der Waals surface area contributed by atoms with Gasteiger partial charge in [0.25, 0.3) is 11.6 Å². The number of amides is 1. The van der Waals surface area contributed by atoms with Gasteiger partial charge in [-0.05, 0) is 44.4 Å². The SMILES string of the molecule is Cc1noc2nc(-c3ccco3)cc(C(=O)NCCCOCC3CCCO3)c12. The van der Waals surface area contributed by atoms with Crippen molar-refractivity contribution in [2.24, 2.45) is 0 Å². The molecule has 0 aromatic carbocycles. The van der Waals surface area contributed by atoms with Crippen molar-refractivity contribution in [3.05, 3.63) is 35.7 Å². The Kier molecular flexibility index (Phi) is 5.68. The van der Waals surface area contributed by atoms with E-state index < -0.39 is 0 Å². The Labute approximate surface area is 162 Å². The van der Waals surface area contributed by atoms with E-state index in [4.69, 9.17) is 18.4 Å². The van der Waals surface area contributed by atoms with Crippen molar-refractivity contribution in [1.82, 2.24) is 15.5 Å². The molecule has 0 aliphatic carbocycles. The molecule has 8 heteroatoms. The van der Waals surface area contributed by atoms with Crippen LogP contribution in [0.5, 0.6) is 0 Å². The third-order valence-corrected chi connectivity index (χ3v) is 4.71.